The van der Waals surface area contributed by atoms with Crippen LogP contribution in [0.4, 0.5) is 9.59 Å². The van der Waals surface area contributed by atoms with Crippen molar-refractivity contribution in [1.29, 1.82) is 0 Å². The number of carbonyl (C=O) groups excluding carboxylic acids is 2. The van der Waals surface area contributed by atoms with E-state index in [0.717, 1.165) is 6.42 Å². The molecule has 0 saturated carbocycles. The highest BCUT2D eigenvalue weighted by Crippen LogP contribution is 2.02. The Kier molecular flexibility index (Phi) is 6.24. The van der Waals surface area contributed by atoms with Gasteiger partial charge in [-0.3, -0.25) is 0 Å². The lowest BCUT2D eigenvalue weighted by molar-refractivity contribution is 0.0780. The van der Waals surface area contributed by atoms with Gasteiger partial charge in [0, 0.05) is 20.6 Å². The summed E-state index contributed by atoms with van der Waals surface area (Å²) in [5.41, 5.74) is 4.89. The lowest BCUT2D eigenvalue weighted by atomic mass is 10.2. The summed E-state index contributed by atoms with van der Waals surface area (Å²) in [6.45, 7) is 2.31. The molecular weight excluding hydrogens is 198 g/mol. The van der Waals surface area contributed by atoms with E-state index in [1.165, 1.54) is 4.90 Å². The number of hydrogen-bond acceptors (Lipinski definition) is 3. The third kappa shape index (κ3) is 7.60. The monoisotopic (exact) mass is 217 g/mol. The van der Waals surface area contributed by atoms with Gasteiger partial charge >= 0.3 is 12.1 Å². The van der Waals surface area contributed by atoms with Gasteiger partial charge in [-0.05, 0) is 19.8 Å². The number of ether oxygens (including phenoxy) is 1. The first-order chi connectivity index (χ1) is 6.93. The lowest BCUT2D eigenvalue weighted by Crippen LogP contribution is -2.31. The average molecular weight is 217 g/mol. The van der Waals surface area contributed by atoms with Gasteiger partial charge in [0.1, 0.15) is 6.10 Å². The molecule has 0 spiro atoms. The molecular formula is C9H19N3O3. The number of urea groups is 1. The third-order valence-electron chi connectivity index (χ3n) is 1.75. The maximum atomic E-state index is 11.1. The van der Waals surface area contributed by atoms with Crippen LogP contribution in [-0.4, -0.2) is 43.8 Å². The van der Waals surface area contributed by atoms with E-state index in [-0.39, 0.29) is 12.2 Å². The Balaban J connectivity index is 3.53. The zero-order valence-electron chi connectivity index (χ0n) is 9.45. The number of nitrogens with two attached hydrogens (primary N) is 1. The van der Waals surface area contributed by atoms with Gasteiger partial charge < -0.3 is 20.7 Å². The van der Waals surface area contributed by atoms with E-state index >= 15 is 0 Å². The second-order valence-electron chi connectivity index (χ2n) is 3.52. The summed E-state index contributed by atoms with van der Waals surface area (Å²) in [5, 5.41) is 2.46. The van der Waals surface area contributed by atoms with Crippen LogP contribution in [0, 0.1) is 0 Å². The van der Waals surface area contributed by atoms with Gasteiger partial charge in [0.25, 0.3) is 0 Å². The van der Waals surface area contributed by atoms with Crippen molar-refractivity contribution in [2.45, 2.75) is 25.9 Å². The molecule has 0 fully saturated rings. The Morgan fingerprint density at radius 3 is 2.53 bits per heavy atom. The minimum atomic E-state index is -0.534. The lowest BCUT2D eigenvalue weighted by Gasteiger charge is -2.16. The molecule has 88 valence electrons. The number of nitrogens with one attached hydrogen (secondary N) is 1. The standard InChI is InChI=1S/C9H19N3O3/c1-7(15-9(14)12(2)3)5-4-6-11-8(10)13/h7H,4-6H2,1-3H3,(H3,10,11,13). The topological polar surface area (TPSA) is 84.7 Å². The fourth-order valence-corrected chi connectivity index (χ4v) is 0.938. The smallest absolute Gasteiger partial charge is 0.409 e. The van der Waals surface area contributed by atoms with E-state index in [9.17, 15) is 9.59 Å². The maximum Gasteiger partial charge on any atom is 0.409 e. The highest BCUT2D eigenvalue weighted by atomic mass is 16.6. The van der Waals surface area contributed by atoms with Crippen LogP contribution in [0.3, 0.4) is 0 Å². The summed E-state index contributed by atoms with van der Waals surface area (Å²) in [7, 11) is 3.26. The average Bonchev–Trinajstić information content (AvgIpc) is 2.12. The number of rotatable bonds is 5. The molecule has 3 amide bonds. The molecule has 3 N–H and O–H groups in total. The molecule has 0 aliphatic rings. The second-order valence-corrected chi connectivity index (χ2v) is 3.52. The molecule has 6 nitrogen and oxygen atoms in total. The van der Waals surface area contributed by atoms with Crippen LogP contribution in [0.25, 0.3) is 0 Å². The summed E-state index contributed by atoms with van der Waals surface area (Å²) in [6.07, 6.45) is 0.907. The molecule has 0 rings (SSSR count). The van der Waals surface area contributed by atoms with E-state index < -0.39 is 6.03 Å². The van der Waals surface area contributed by atoms with Gasteiger partial charge in [-0.1, -0.05) is 0 Å². The highest BCUT2D eigenvalue weighted by Gasteiger charge is 2.10. The molecule has 0 aromatic carbocycles. The van der Waals surface area contributed by atoms with Crippen molar-refractivity contribution in [3.05, 3.63) is 0 Å². The van der Waals surface area contributed by atoms with Crippen molar-refractivity contribution >= 4 is 12.1 Å². The zero-order chi connectivity index (χ0) is 11.8. The Labute approximate surface area is 89.7 Å². The van der Waals surface area contributed by atoms with Crippen molar-refractivity contribution in [2.75, 3.05) is 20.6 Å². The quantitative estimate of drug-likeness (QED) is 0.658. The highest BCUT2D eigenvalue weighted by molar-refractivity contribution is 5.71. The number of carbonyl (C=O) groups is 2. The van der Waals surface area contributed by atoms with Gasteiger partial charge in [-0.25, -0.2) is 9.59 Å². The molecule has 15 heavy (non-hydrogen) atoms. The predicted octanol–water partition coefficient (Wildman–Crippen LogP) is 0.522. The van der Waals surface area contributed by atoms with Crippen LogP contribution in [0.2, 0.25) is 0 Å². The van der Waals surface area contributed by atoms with Crippen LogP contribution in [0.5, 0.6) is 0 Å². The normalized spacial score (nSPS) is 11.7. The van der Waals surface area contributed by atoms with Crippen LogP contribution >= 0.6 is 0 Å². The van der Waals surface area contributed by atoms with Crippen LogP contribution < -0.4 is 11.1 Å². The molecule has 0 aromatic rings. The Morgan fingerprint density at radius 2 is 2.07 bits per heavy atom. The summed E-state index contributed by atoms with van der Waals surface area (Å²) in [6, 6.07) is -0.534. The molecule has 1 unspecified atom stereocenters. The molecule has 0 heterocycles. The SMILES string of the molecule is CC(CCCNC(N)=O)OC(=O)N(C)C. The minimum absolute atomic E-state index is 0.158. The van der Waals surface area contributed by atoms with Crippen LogP contribution in [0.15, 0.2) is 0 Å². The zero-order valence-corrected chi connectivity index (χ0v) is 9.45. The fourth-order valence-electron chi connectivity index (χ4n) is 0.938. The van der Waals surface area contributed by atoms with Gasteiger partial charge in [-0.15, -0.1) is 0 Å². The van der Waals surface area contributed by atoms with Crippen molar-refractivity contribution in [1.82, 2.24) is 10.2 Å². The summed E-state index contributed by atoms with van der Waals surface area (Å²) < 4.78 is 5.06. The maximum absolute atomic E-state index is 11.1. The Bertz CT molecular complexity index is 219. The van der Waals surface area contributed by atoms with Crippen LogP contribution in [-0.2, 0) is 4.74 Å². The molecule has 0 aromatic heterocycles. The predicted molar refractivity (Wildman–Crippen MR) is 56.5 cm³/mol. The molecule has 6 heteroatoms. The molecule has 0 saturated heterocycles. The summed E-state index contributed by atoms with van der Waals surface area (Å²) in [5.74, 6) is 0. The van der Waals surface area contributed by atoms with Crippen molar-refractivity contribution in [2.24, 2.45) is 5.73 Å². The van der Waals surface area contributed by atoms with E-state index in [1.807, 2.05) is 6.92 Å². The molecule has 1 atom stereocenters. The van der Waals surface area contributed by atoms with Crippen LogP contribution in [0.1, 0.15) is 19.8 Å². The van der Waals surface area contributed by atoms with Crippen molar-refractivity contribution in [3.63, 3.8) is 0 Å². The number of nitrogens with zero attached hydrogens (tertiary/aromatic N) is 1. The minimum Gasteiger partial charge on any atom is -0.446 e. The first-order valence-corrected chi connectivity index (χ1v) is 4.84. The summed E-state index contributed by atoms with van der Waals surface area (Å²) >= 11 is 0. The molecule has 0 aliphatic carbocycles. The van der Waals surface area contributed by atoms with Gasteiger partial charge in [-0.2, -0.15) is 0 Å². The number of amides is 3. The Morgan fingerprint density at radius 1 is 1.47 bits per heavy atom. The van der Waals surface area contributed by atoms with E-state index in [4.69, 9.17) is 10.5 Å². The molecule has 0 aliphatic heterocycles. The van der Waals surface area contributed by atoms with Gasteiger partial charge in [0.15, 0.2) is 0 Å². The first kappa shape index (κ1) is 13.5. The summed E-state index contributed by atoms with van der Waals surface area (Å²) in [4.78, 5) is 22.8. The van der Waals surface area contributed by atoms with E-state index in [2.05, 4.69) is 5.32 Å². The Hall–Kier alpha value is -1.46. The second kappa shape index (κ2) is 6.92. The molecule has 0 bridgehead atoms. The van der Waals surface area contributed by atoms with Crippen molar-refractivity contribution < 1.29 is 14.3 Å². The fraction of sp³-hybridized carbons (Fsp3) is 0.778. The number of primary amides is 1. The van der Waals surface area contributed by atoms with Crippen molar-refractivity contribution in [3.8, 4) is 0 Å². The first-order valence-electron chi connectivity index (χ1n) is 4.84. The third-order valence-corrected chi connectivity index (χ3v) is 1.75. The molecule has 0 radical (unpaired) electrons. The largest absolute Gasteiger partial charge is 0.446 e. The van der Waals surface area contributed by atoms with Gasteiger partial charge in [0.05, 0.1) is 0 Å². The van der Waals surface area contributed by atoms with E-state index in [1.54, 1.807) is 14.1 Å². The van der Waals surface area contributed by atoms with Gasteiger partial charge in [0.2, 0.25) is 0 Å². The van der Waals surface area contributed by atoms with E-state index in [0.29, 0.717) is 13.0 Å². The number of hydrogen-bond donors (Lipinski definition) is 2.